The monoisotopic (exact) mass is 285 g/mol. The number of hydrogen-bond donors (Lipinski definition) is 1. The van der Waals surface area contributed by atoms with Crippen LogP contribution >= 0.6 is 0 Å². The van der Waals surface area contributed by atoms with Crippen LogP contribution in [0.15, 0.2) is 47.4 Å². The van der Waals surface area contributed by atoms with Gasteiger partial charge in [0.2, 0.25) is 0 Å². The number of aromatic nitrogens is 2. The molecule has 2 heterocycles. The fraction of sp³-hybridized carbons (Fsp3) is 0.312. The summed E-state index contributed by atoms with van der Waals surface area (Å²) in [7, 11) is 1.66. The summed E-state index contributed by atoms with van der Waals surface area (Å²) in [5.74, 6) is 1.68. The Labute approximate surface area is 123 Å². The zero-order chi connectivity index (χ0) is 14.7. The quantitative estimate of drug-likeness (QED) is 0.756. The number of nitrogens with one attached hydrogen (secondary N) is 1. The van der Waals surface area contributed by atoms with Gasteiger partial charge in [-0.3, -0.25) is 0 Å². The van der Waals surface area contributed by atoms with Crippen molar-refractivity contribution in [3.05, 3.63) is 48.7 Å². The molecule has 3 aromatic rings. The smallest absolute Gasteiger partial charge is 0.176 e. The first-order chi connectivity index (χ1) is 10.3. The maximum absolute atomic E-state index is 5.87. The Balaban J connectivity index is 1.65. The summed E-state index contributed by atoms with van der Waals surface area (Å²) in [6.45, 7) is 3.71. The highest BCUT2D eigenvalue weighted by Crippen LogP contribution is 2.28. The van der Waals surface area contributed by atoms with Gasteiger partial charge in [0.15, 0.2) is 11.3 Å². The van der Waals surface area contributed by atoms with Crippen molar-refractivity contribution >= 4 is 11.0 Å². The van der Waals surface area contributed by atoms with Gasteiger partial charge >= 0.3 is 0 Å². The standard InChI is InChI=1S/C16H19N3O2/c1-12(10-19-7-6-17-11-19)18-9-14-8-13-4-3-5-15(20-2)16(13)21-14/h3-8,11-12,18H,9-10H2,1-2H3. The number of imidazole rings is 1. The Bertz CT molecular complexity index is 703. The second-order valence-electron chi connectivity index (χ2n) is 5.13. The van der Waals surface area contributed by atoms with Gasteiger partial charge in [0.1, 0.15) is 5.76 Å². The van der Waals surface area contributed by atoms with E-state index in [9.17, 15) is 0 Å². The van der Waals surface area contributed by atoms with E-state index in [2.05, 4.69) is 27.9 Å². The summed E-state index contributed by atoms with van der Waals surface area (Å²) in [6, 6.07) is 8.28. The summed E-state index contributed by atoms with van der Waals surface area (Å²) in [5.41, 5.74) is 0.805. The normalized spacial score (nSPS) is 12.7. The zero-order valence-electron chi connectivity index (χ0n) is 12.2. The molecule has 2 aromatic heterocycles. The number of rotatable bonds is 6. The van der Waals surface area contributed by atoms with Gasteiger partial charge in [-0.15, -0.1) is 0 Å². The van der Waals surface area contributed by atoms with Crippen molar-refractivity contribution in [2.45, 2.75) is 26.1 Å². The zero-order valence-corrected chi connectivity index (χ0v) is 12.2. The highest BCUT2D eigenvalue weighted by atomic mass is 16.5. The highest BCUT2D eigenvalue weighted by molar-refractivity contribution is 5.83. The lowest BCUT2D eigenvalue weighted by molar-refractivity contribution is 0.401. The molecule has 0 saturated carbocycles. The lowest BCUT2D eigenvalue weighted by atomic mass is 10.2. The molecule has 0 spiro atoms. The molecule has 0 bridgehead atoms. The van der Waals surface area contributed by atoms with E-state index in [4.69, 9.17) is 9.15 Å². The Kier molecular flexibility index (Phi) is 3.92. The van der Waals surface area contributed by atoms with Crippen molar-refractivity contribution in [3.8, 4) is 5.75 Å². The van der Waals surface area contributed by atoms with Crippen LogP contribution in [-0.2, 0) is 13.1 Å². The average molecular weight is 285 g/mol. The minimum atomic E-state index is 0.328. The Morgan fingerprint density at radius 1 is 1.43 bits per heavy atom. The predicted molar refractivity (Wildman–Crippen MR) is 81.3 cm³/mol. The maximum Gasteiger partial charge on any atom is 0.176 e. The number of hydrogen-bond acceptors (Lipinski definition) is 4. The molecule has 0 aliphatic heterocycles. The molecule has 0 aliphatic rings. The van der Waals surface area contributed by atoms with Crippen molar-refractivity contribution in [3.63, 3.8) is 0 Å². The molecule has 110 valence electrons. The van der Waals surface area contributed by atoms with E-state index < -0.39 is 0 Å². The third-order valence-corrected chi connectivity index (χ3v) is 3.45. The molecule has 1 N–H and O–H groups in total. The third kappa shape index (κ3) is 3.08. The Hall–Kier alpha value is -2.27. The molecular weight excluding hydrogens is 266 g/mol. The second kappa shape index (κ2) is 6.01. The molecule has 0 fully saturated rings. The van der Waals surface area contributed by atoms with Gasteiger partial charge in [0.25, 0.3) is 0 Å². The first-order valence-corrected chi connectivity index (χ1v) is 7.01. The van der Waals surface area contributed by atoms with E-state index in [1.807, 2.05) is 30.7 Å². The molecule has 3 rings (SSSR count). The minimum Gasteiger partial charge on any atom is -0.493 e. The van der Waals surface area contributed by atoms with Crippen molar-refractivity contribution in [1.82, 2.24) is 14.9 Å². The van der Waals surface area contributed by atoms with Crippen LogP contribution in [0.25, 0.3) is 11.0 Å². The summed E-state index contributed by atoms with van der Waals surface area (Å²) >= 11 is 0. The van der Waals surface area contributed by atoms with E-state index in [0.717, 1.165) is 29.0 Å². The van der Waals surface area contributed by atoms with E-state index in [1.54, 1.807) is 13.3 Å². The predicted octanol–water partition coefficient (Wildman–Crippen LogP) is 2.82. The topological polar surface area (TPSA) is 52.2 Å². The van der Waals surface area contributed by atoms with Gasteiger partial charge in [-0.25, -0.2) is 4.98 Å². The van der Waals surface area contributed by atoms with Crippen LogP contribution in [0, 0.1) is 0 Å². The molecule has 5 heteroatoms. The lowest BCUT2D eigenvalue weighted by Crippen LogP contribution is -2.29. The van der Waals surface area contributed by atoms with Crippen LogP contribution in [0.3, 0.4) is 0 Å². The number of fused-ring (bicyclic) bond motifs is 1. The van der Waals surface area contributed by atoms with Crippen LogP contribution in [-0.4, -0.2) is 22.7 Å². The van der Waals surface area contributed by atoms with Crippen molar-refractivity contribution in [2.24, 2.45) is 0 Å². The van der Waals surface area contributed by atoms with Crippen LogP contribution < -0.4 is 10.1 Å². The second-order valence-corrected chi connectivity index (χ2v) is 5.13. The van der Waals surface area contributed by atoms with Crippen molar-refractivity contribution in [2.75, 3.05) is 7.11 Å². The largest absolute Gasteiger partial charge is 0.493 e. The maximum atomic E-state index is 5.87. The molecule has 1 atom stereocenters. The highest BCUT2D eigenvalue weighted by Gasteiger charge is 2.09. The van der Waals surface area contributed by atoms with Gasteiger partial charge < -0.3 is 19.0 Å². The number of methoxy groups -OCH3 is 1. The van der Waals surface area contributed by atoms with E-state index >= 15 is 0 Å². The first-order valence-electron chi connectivity index (χ1n) is 7.01. The van der Waals surface area contributed by atoms with Gasteiger partial charge in [-0.1, -0.05) is 12.1 Å². The third-order valence-electron chi connectivity index (χ3n) is 3.45. The lowest BCUT2D eigenvalue weighted by Gasteiger charge is -2.13. The SMILES string of the molecule is COc1cccc2cc(CNC(C)Cn3ccnc3)oc12. The number of furan rings is 1. The van der Waals surface area contributed by atoms with Crippen LogP contribution in [0.1, 0.15) is 12.7 Å². The van der Waals surface area contributed by atoms with Gasteiger partial charge in [0, 0.05) is 30.4 Å². The molecule has 0 aliphatic carbocycles. The fourth-order valence-electron chi connectivity index (χ4n) is 2.39. The summed E-state index contributed by atoms with van der Waals surface area (Å²) in [4.78, 5) is 4.04. The number of ether oxygens (including phenoxy) is 1. The Morgan fingerprint density at radius 3 is 3.10 bits per heavy atom. The molecule has 0 saturated heterocycles. The molecule has 5 nitrogen and oxygen atoms in total. The van der Waals surface area contributed by atoms with Crippen LogP contribution in [0.2, 0.25) is 0 Å². The number of para-hydroxylation sites is 1. The number of nitrogens with zero attached hydrogens (tertiary/aromatic N) is 2. The van der Waals surface area contributed by atoms with E-state index in [1.165, 1.54) is 0 Å². The molecule has 21 heavy (non-hydrogen) atoms. The Morgan fingerprint density at radius 2 is 2.33 bits per heavy atom. The van der Waals surface area contributed by atoms with Gasteiger partial charge in [-0.2, -0.15) is 0 Å². The van der Waals surface area contributed by atoms with Gasteiger partial charge in [0.05, 0.1) is 20.0 Å². The average Bonchev–Trinajstić information content (AvgIpc) is 3.13. The molecular formula is C16H19N3O2. The molecule has 1 aromatic carbocycles. The fourth-order valence-corrected chi connectivity index (χ4v) is 2.39. The minimum absolute atomic E-state index is 0.328. The van der Waals surface area contributed by atoms with Crippen molar-refractivity contribution in [1.29, 1.82) is 0 Å². The van der Waals surface area contributed by atoms with E-state index in [0.29, 0.717) is 12.6 Å². The summed E-state index contributed by atoms with van der Waals surface area (Å²) in [5, 5.41) is 4.52. The number of benzene rings is 1. The summed E-state index contributed by atoms with van der Waals surface area (Å²) in [6.07, 6.45) is 5.58. The first kappa shape index (κ1) is 13.7. The van der Waals surface area contributed by atoms with Crippen LogP contribution in [0.4, 0.5) is 0 Å². The molecule has 0 amide bonds. The molecule has 0 radical (unpaired) electrons. The van der Waals surface area contributed by atoms with E-state index in [-0.39, 0.29) is 0 Å². The molecule has 1 unspecified atom stereocenters. The van der Waals surface area contributed by atoms with Crippen LogP contribution in [0.5, 0.6) is 5.75 Å². The van der Waals surface area contributed by atoms with Gasteiger partial charge in [-0.05, 0) is 19.1 Å². The summed E-state index contributed by atoms with van der Waals surface area (Å²) < 4.78 is 13.2. The van der Waals surface area contributed by atoms with Crippen molar-refractivity contribution < 1.29 is 9.15 Å².